The summed E-state index contributed by atoms with van der Waals surface area (Å²) in [6, 6.07) is 10.2. The fraction of sp³-hybridized carbons (Fsp3) is 0.200. The van der Waals surface area contributed by atoms with Crippen molar-refractivity contribution in [1.82, 2.24) is 14.8 Å². The second-order valence-electron chi connectivity index (χ2n) is 4.74. The molecule has 0 fully saturated rings. The summed E-state index contributed by atoms with van der Waals surface area (Å²) >= 11 is 1.53. The molecule has 0 N–H and O–H groups in total. The molecule has 0 unspecified atom stereocenters. The molecule has 118 valence electrons. The number of thioether (sulfide) groups is 1. The van der Waals surface area contributed by atoms with Gasteiger partial charge in [0.05, 0.1) is 11.2 Å². The molecule has 0 amide bonds. The number of rotatable bonds is 6. The van der Waals surface area contributed by atoms with Crippen LogP contribution in [0.25, 0.3) is 11.6 Å². The van der Waals surface area contributed by atoms with Crippen LogP contribution in [0.4, 0.5) is 5.69 Å². The topological polar surface area (TPSA) is 87.0 Å². The molecule has 0 saturated heterocycles. The predicted octanol–water partition coefficient (Wildman–Crippen LogP) is 3.76. The Hall–Kier alpha value is -2.61. The Bertz CT molecular complexity index is 797. The van der Waals surface area contributed by atoms with Crippen LogP contribution in [0.2, 0.25) is 0 Å². The molecule has 0 aliphatic rings. The van der Waals surface area contributed by atoms with Crippen LogP contribution in [-0.2, 0) is 12.3 Å². The summed E-state index contributed by atoms with van der Waals surface area (Å²) in [6.07, 6.45) is 1.60. The highest BCUT2D eigenvalue weighted by atomic mass is 32.2. The van der Waals surface area contributed by atoms with Gasteiger partial charge in [-0.2, -0.15) is 0 Å². The van der Waals surface area contributed by atoms with Gasteiger partial charge in [0.2, 0.25) is 0 Å². The van der Waals surface area contributed by atoms with Gasteiger partial charge in [-0.05, 0) is 24.6 Å². The number of furan rings is 1. The summed E-state index contributed by atoms with van der Waals surface area (Å²) in [5, 5.41) is 19.8. The highest BCUT2D eigenvalue weighted by Gasteiger charge is 2.15. The number of nitro benzene ring substituents is 1. The minimum Gasteiger partial charge on any atom is -0.461 e. The van der Waals surface area contributed by atoms with Crippen LogP contribution >= 0.6 is 11.8 Å². The number of hydrogen-bond acceptors (Lipinski definition) is 6. The van der Waals surface area contributed by atoms with Gasteiger partial charge in [-0.1, -0.05) is 23.9 Å². The smallest absolute Gasteiger partial charge is 0.269 e. The van der Waals surface area contributed by atoms with Gasteiger partial charge in [0, 0.05) is 24.4 Å². The molecule has 0 spiro atoms. The number of nitro groups is 1. The fourth-order valence-electron chi connectivity index (χ4n) is 2.13. The van der Waals surface area contributed by atoms with E-state index in [1.807, 2.05) is 23.6 Å². The van der Waals surface area contributed by atoms with E-state index in [0.717, 1.165) is 17.3 Å². The summed E-state index contributed by atoms with van der Waals surface area (Å²) < 4.78 is 7.36. The summed E-state index contributed by atoms with van der Waals surface area (Å²) in [5.74, 6) is 2.04. The highest BCUT2D eigenvalue weighted by Crippen LogP contribution is 2.27. The lowest BCUT2D eigenvalue weighted by Gasteiger charge is -2.05. The average molecular weight is 330 g/mol. The van der Waals surface area contributed by atoms with E-state index in [9.17, 15) is 10.1 Å². The van der Waals surface area contributed by atoms with Crippen molar-refractivity contribution < 1.29 is 9.34 Å². The van der Waals surface area contributed by atoms with Crippen molar-refractivity contribution in [2.75, 3.05) is 0 Å². The normalized spacial score (nSPS) is 10.8. The molecule has 3 aromatic rings. The Kier molecular flexibility index (Phi) is 4.42. The van der Waals surface area contributed by atoms with Crippen molar-refractivity contribution in [3.05, 3.63) is 58.3 Å². The minimum atomic E-state index is -0.403. The first kappa shape index (κ1) is 15.3. The summed E-state index contributed by atoms with van der Waals surface area (Å²) in [6.45, 7) is 2.75. The van der Waals surface area contributed by atoms with Crippen LogP contribution in [0.5, 0.6) is 0 Å². The number of non-ortho nitro benzene ring substituents is 1. The van der Waals surface area contributed by atoms with Crippen LogP contribution < -0.4 is 0 Å². The molecular weight excluding hydrogens is 316 g/mol. The van der Waals surface area contributed by atoms with Crippen LogP contribution in [0.3, 0.4) is 0 Å². The van der Waals surface area contributed by atoms with E-state index in [4.69, 9.17) is 4.42 Å². The molecule has 0 bridgehead atoms. The van der Waals surface area contributed by atoms with E-state index in [-0.39, 0.29) is 5.69 Å². The molecule has 2 heterocycles. The van der Waals surface area contributed by atoms with Gasteiger partial charge in [0.25, 0.3) is 5.69 Å². The Labute approximate surface area is 136 Å². The average Bonchev–Trinajstić information content (AvgIpc) is 3.22. The molecule has 0 aliphatic heterocycles. The van der Waals surface area contributed by atoms with E-state index in [1.165, 1.54) is 23.9 Å². The van der Waals surface area contributed by atoms with E-state index in [1.54, 1.807) is 18.4 Å². The van der Waals surface area contributed by atoms with Gasteiger partial charge >= 0.3 is 0 Å². The first-order chi connectivity index (χ1) is 11.2. The monoisotopic (exact) mass is 330 g/mol. The number of nitrogens with zero attached hydrogens (tertiary/aromatic N) is 4. The molecule has 8 heteroatoms. The van der Waals surface area contributed by atoms with Crippen molar-refractivity contribution in [3.8, 4) is 11.6 Å². The van der Waals surface area contributed by atoms with E-state index < -0.39 is 4.92 Å². The molecule has 0 aliphatic carbocycles. The van der Waals surface area contributed by atoms with Crippen molar-refractivity contribution in [2.24, 2.45) is 0 Å². The van der Waals surface area contributed by atoms with Crippen molar-refractivity contribution >= 4 is 17.4 Å². The third-order valence-corrected chi connectivity index (χ3v) is 4.33. The van der Waals surface area contributed by atoms with Crippen molar-refractivity contribution in [3.63, 3.8) is 0 Å². The van der Waals surface area contributed by atoms with Crippen LogP contribution in [0, 0.1) is 10.1 Å². The second-order valence-corrected chi connectivity index (χ2v) is 5.68. The molecule has 1 aromatic carbocycles. The van der Waals surface area contributed by atoms with E-state index >= 15 is 0 Å². The SMILES string of the molecule is CCn1c(SCc2ccc([N+](=O)[O-])cc2)nnc1-c1ccco1. The Morgan fingerprint density at radius 3 is 2.65 bits per heavy atom. The van der Waals surface area contributed by atoms with Gasteiger partial charge < -0.3 is 4.42 Å². The van der Waals surface area contributed by atoms with E-state index in [0.29, 0.717) is 17.3 Å². The molecular formula is C15H14N4O3S. The van der Waals surface area contributed by atoms with Gasteiger partial charge in [-0.25, -0.2) is 0 Å². The van der Waals surface area contributed by atoms with Crippen LogP contribution in [0.15, 0.2) is 52.2 Å². The second kappa shape index (κ2) is 6.66. The zero-order valence-electron chi connectivity index (χ0n) is 12.4. The lowest BCUT2D eigenvalue weighted by molar-refractivity contribution is -0.384. The Balaban J connectivity index is 1.74. The number of hydrogen-bond donors (Lipinski definition) is 0. The summed E-state index contributed by atoms with van der Waals surface area (Å²) in [7, 11) is 0. The third kappa shape index (κ3) is 3.26. The maximum absolute atomic E-state index is 10.7. The quantitative estimate of drug-likeness (QED) is 0.388. The molecule has 7 nitrogen and oxygen atoms in total. The van der Waals surface area contributed by atoms with Crippen LogP contribution in [-0.4, -0.2) is 19.7 Å². The van der Waals surface area contributed by atoms with Crippen LogP contribution in [0.1, 0.15) is 12.5 Å². The summed E-state index contributed by atoms with van der Waals surface area (Å²) in [5.41, 5.74) is 1.08. The standard InChI is InChI=1S/C15H14N4O3S/c1-2-18-14(13-4-3-9-22-13)16-17-15(18)23-10-11-5-7-12(8-6-11)19(20)21/h3-9H,2,10H2,1H3. The third-order valence-electron chi connectivity index (χ3n) is 3.29. The first-order valence-electron chi connectivity index (χ1n) is 7.02. The fourth-order valence-corrected chi connectivity index (χ4v) is 3.09. The maximum atomic E-state index is 10.7. The van der Waals surface area contributed by atoms with Gasteiger partial charge in [-0.3, -0.25) is 14.7 Å². The zero-order valence-corrected chi connectivity index (χ0v) is 13.2. The molecule has 2 aromatic heterocycles. The number of benzene rings is 1. The molecule has 0 atom stereocenters. The Morgan fingerprint density at radius 1 is 1.26 bits per heavy atom. The zero-order chi connectivity index (χ0) is 16.2. The maximum Gasteiger partial charge on any atom is 0.269 e. The summed E-state index contributed by atoms with van der Waals surface area (Å²) in [4.78, 5) is 10.3. The van der Waals surface area contributed by atoms with Crippen molar-refractivity contribution in [1.29, 1.82) is 0 Å². The molecule has 0 radical (unpaired) electrons. The molecule has 23 heavy (non-hydrogen) atoms. The Morgan fingerprint density at radius 2 is 2.04 bits per heavy atom. The number of aromatic nitrogens is 3. The van der Waals surface area contributed by atoms with Crippen molar-refractivity contribution in [2.45, 2.75) is 24.4 Å². The van der Waals surface area contributed by atoms with Gasteiger partial charge in [-0.15, -0.1) is 10.2 Å². The predicted molar refractivity (Wildman–Crippen MR) is 86.1 cm³/mol. The minimum absolute atomic E-state index is 0.0931. The molecule has 0 saturated carbocycles. The van der Waals surface area contributed by atoms with Gasteiger partial charge in [0.15, 0.2) is 16.7 Å². The first-order valence-corrected chi connectivity index (χ1v) is 8.01. The van der Waals surface area contributed by atoms with E-state index in [2.05, 4.69) is 10.2 Å². The molecule has 3 rings (SSSR count). The highest BCUT2D eigenvalue weighted by molar-refractivity contribution is 7.98. The largest absolute Gasteiger partial charge is 0.461 e. The lowest BCUT2D eigenvalue weighted by atomic mass is 10.2. The van der Waals surface area contributed by atoms with Gasteiger partial charge in [0.1, 0.15) is 0 Å². The lowest BCUT2D eigenvalue weighted by Crippen LogP contribution is -1.99.